The monoisotopic (exact) mass is 353 g/mol. The largest absolute Gasteiger partial charge is 0.337 e. The highest BCUT2D eigenvalue weighted by Gasteiger charge is 2.29. The number of sulfonamides is 1. The van der Waals surface area contributed by atoms with Gasteiger partial charge in [0.15, 0.2) is 0 Å². The van der Waals surface area contributed by atoms with Crippen LogP contribution in [0.3, 0.4) is 0 Å². The second-order valence-electron chi connectivity index (χ2n) is 5.62. The van der Waals surface area contributed by atoms with Gasteiger partial charge in [0, 0.05) is 30.7 Å². The number of fused-ring (bicyclic) bond motifs is 1. The van der Waals surface area contributed by atoms with Gasteiger partial charge in [0.1, 0.15) is 0 Å². The van der Waals surface area contributed by atoms with Gasteiger partial charge < -0.3 is 4.90 Å². The van der Waals surface area contributed by atoms with Gasteiger partial charge in [-0.3, -0.25) is 9.78 Å². The van der Waals surface area contributed by atoms with Crippen molar-refractivity contribution < 1.29 is 13.2 Å². The number of nitrogens with one attached hydrogen (secondary N) is 1. The number of aromatic nitrogens is 1. The van der Waals surface area contributed by atoms with Gasteiger partial charge >= 0.3 is 0 Å². The summed E-state index contributed by atoms with van der Waals surface area (Å²) < 4.78 is 25.2. The van der Waals surface area contributed by atoms with Gasteiger partial charge in [-0.1, -0.05) is 11.6 Å². The van der Waals surface area contributed by atoms with Crippen molar-refractivity contribution in [2.75, 3.05) is 19.3 Å². The molecule has 1 N–H and O–H groups in total. The first-order chi connectivity index (χ1) is 10.8. The molecule has 122 valence electrons. The van der Waals surface area contributed by atoms with Crippen LogP contribution in [0, 0.1) is 0 Å². The van der Waals surface area contributed by atoms with Crippen molar-refractivity contribution in [3.05, 3.63) is 41.0 Å². The zero-order valence-electron chi connectivity index (χ0n) is 12.5. The zero-order chi connectivity index (χ0) is 16.6. The van der Waals surface area contributed by atoms with E-state index in [1.807, 2.05) is 6.07 Å². The van der Waals surface area contributed by atoms with E-state index >= 15 is 0 Å². The molecule has 6 nitrogen and oxygen atoms in total. The second-order valence-corrected chi connectivity index (χ2v) is 7.81. The molecule has 0 bridgehead atoms. The van der Waals surface area contributed by atoms with Crippen molar-refractivity contribution in [3.63, 3.8) is 0 Å². The molecular weight excluding hydrogens is 338 g/mol. The summed E-state index contributed by atoms with van der Waals surface area (Å²) >= 11 is 6.15. The number of hydrogen-bond donors (Lipinski definition) is 1. The van der Waals surface area contributed by atoms with E-state index in [0.29, 0.717) is 35.6 Å². The summed E-state index contributed by atoms with van der Waals surface area (Å²) in [6, 6.07) is 6.68. The van der Waals surface area contributed by atoms with Crippen molar-refractivity contribution in [3.8, 4) is 0 Å². The second kappa shape index (κ2) is 6.07. The topological polar surface area (TPSA) is 79.4 Å². The third-order valence-electron chi connectivity index (χ3n) is 3.80. The van der Waals surface area contributed by atoms with Crippen LogP contribution in [0.15, 0.2) is 30.5 Å². The predicted molar refractivity (Wildman–Crippen MR) is 89.0 cm³/mol. The van der Waals surface area contributed by atoms with Gasteiger partial charge in [0.05, 0.1) is 22.4 Å². The summed E-state index contributed by atoms with van der Waals surface area (Å²) in [6.45, 7) is 0.853. The molecule has 3 rings (SSSR count). The minimum atomic E-state index is -3.28. The van der Waals surface area contributed by atoms with Crippen molar-refractivity contribution in [2.24, 2.45) is 0 Å². The van der Waals surface area contributed by atoms with E-state index in [9.17, 15) is 13.2 Å². The third-order valence-corrected chi connectivity index (χ3v) is 4.89. The Morgan fingerprint density at radius 1 is 1.39 bits per heavy atom. The number of hydrogen-bond acceptors (Lipinski definition) is 4. The van der Waals surface area contributed by atoms with Crippen LogP contribution in [0.4, 0.5) is 0 Å². The molecule has 1 aromatic heterocycles. The Balaban J connectivity index is 1.86. The van der Waals surface area contributed by atoms with E-state index in [-0.39, 0.29) is 11.9 Å². The van der Waals surface area contributed by atoms with Crippen LogP contribution in [0.25, 0.3) is 10.9 Å². The molecule has 1 aromatic carbocycles. The van der Waals surface area contributed by atoms with Gasteiger partial charge in [-0.05, 0) is 30.7 Å². The van der Waals surface area contributed by atoms with Gasteiger partial charge in [-0.15, -0.1) is 0 Å². The van der Waals surface area contributed by atoms with Crippen molar-refractivity contribution in [2.45, 2.75) is 12.5 Å². The number of carbonyl (C=O) groups is 1. The van der Waals surface area contributed by atoms with Gasteiger partial charge in [-0.2, -0.15) is 0 Å². The fourth-order valence-electron chi connectivity index (χ4n) is 2.82. The molecule has 0 saturated carbocycles. The smallest absolute Gasteiger partial charge is 0.256 e. The molecule has 1 unspecified atom stereocenters. The number of pyridine rings is 1. The molecule has 2 heterocycles. The van der Waals surface area contributed by atoms with Crippen molar-refractivity contribution in [1.29, 1.82) is 0 Å². The minimum absolute atomic E-state index is 0.164. The number of halogens is 1. The summed E-state index contributed by atoms with van der Waals surface area (Å²) in [5, 5.41) is 1.27. The molecule has 0 spiro atoms. The van der Waals surface area contributed by atoms with E-state index in [2.05, 4.69) is 9.71 Å². The van der Waals surface area contributed by atoms with Crippen LogP contribution in [-0.2, 0) is 10.0 Å². The summed E-state index contributed by atoms with van der Waals surface area (Å²) in [4.78, 5) is 18.7. The van der Waals surface area contributed by atoms with Gasteiger partial charge in [-0.25, -0.2) is 13.1 Å². The van der Waals surface area contributed by atoms with Crippen LogP contribution < -0.4 is 4.72 Å². The Kier molecular flexibility index (Phi) is 4.27. The van der Waals surface area contributed by atoms with Crippen LogP contribution >= 0.6 is 11.6 Å². The van der Waals surface area contributed by atoms with E-state index in [1.165, 1.54) is 0 Å². The van der Waals surface area contributed by atoms with Gasteiger partial charge in [0.2, 0.25) is 10.0 Å². The summed E-state index contributed by atoms with van der Waals surface area (Å²) in [7, 11) is -3.28. The minimum Gasteiger partial charge on any atom is -0.337 e. The standard InChI is InChI=1S/C15H16ClN3O3S/c1-23(21,22)18-10-6-8-19(9-10)15(20)12-4-5-13(16)11-3-2-7-17-14(11)12/h2-5,7,10,18H,6,8-9H2,1H3. The van der Waals surface area contributed by atoms with E-state index in [0.717, 1.165) is 11.6 Å². The maximum atomic E-state index is 12.7. The Labute approximate surface area is 139 Å². The molecule has 1 aliphatic heterocycles. The number of rotatable bonds is 3. The number of nitrogens with zero attached hydrogens (tertiary/aromatic N) is 2. The maximum Gasteiger partial charge on any atom is 0.256 e. The SMILES string of the molecule is CS(=O)(=O)NC1CCN(C(=O)c2ccc(Cl)c3cccnc23)C1. The normalized spacial score (nSPS) is 18.5. The van der Waals surface area contributed by atoms with Crippen molar-refractivity contribution >= 4 is 38.4 Å². The predicted octanol–water partition coefficient (Wildman–Crippen LogP) is 1.65. The zero-order valence-corrected chi connectivity index (χ0v) is 14.1. The Morgan fingerprint density at radius 2 is 2.17 bits per heavy atom. The van der Waals surface area contributed by atoms with Crippen LogP contribution in [0.2, 0.25) is 5.02 Å². The molecule has 1 atom stereocenters. The molecule has 1 aliphatic rings. The lowest BCUT2D eigenvalue weighted by Crippen LogP contribution is -2.37. The third kappa shape index (κ3) is 3.46. The summed E-state index contributed by atoms with van der Waals surface area (Å²) in [6.07, 6.45) is 3.33. The molecule has 0 aliphatic carbocycles. The van der Waals surface area contributed by atoms with Crippen LogP contribution in [0.5, 0.6) is 0 Å². The lowest BCUT2D eigenvalue weighted by atomic mass is 10.1. The summed E-state index contributed by atoms with van der Waals surface area (Å²) in [5.74, 6) is -0.164. The lowest BCUT2D eigenvalue weighted by Gasteiger charge is -2.17. The highest BCUT2D eigenvalue weighted by atomic mass is 35.5. The molecule has 8 heteroatoms. The Bertz CT molecular complexity index is 869. The average Bonchev–Trinajstić information content (AvgIpc) is 2.94. The Morgan fingerprint density at radius 3 is 2.91 bits per heavy atom. The molecule has 1 fully saturated rings. The highest BCUT2D eigenvalue weighted by Crippen LogP contribution is 2.26. The molecule has 1 amide bonds. The summed E-state index contributed by atoms with van der Waals surface area (Å²) in [5.41, 5.74) is 1.04. The van der Waals surface area contributed by atoms with Crippen molar-refractivity contribution in [1.82, 2.24) is 14.6 Å². The lowest BCUT2D eigenvalue weighted by molar-refractivity contribution is 0.0792. The first kappa shape index (κ1) is 16.2. The quantitative estimate of drug-likeness (QED) is 0.910. The van der Waals surface area contributed by atoms with E-state index < -0.39 is 10.0 Å². The number of benzene rings is 1. The maximum absolute atomic E-state index is 12.7. The molecule has 23 heavy (non-hydrogen) atoms. The first-order valence-corrected chi connectivity index (χ1v) is 9.42. The Hall–Kier alpha value is -1.70. The van der Waals surface area contributed by atoms with E-state index in [1.54, 1.807) is 29.3 Å². The number of amides is 1. The highest BCUT2D eigenvalue weighted by molar-refractivity contribution is 7.88. The van der Waals surface area contributed by atoms with Gasteiger partial charge in [0.25, 0.3) is 5.91 Å². The molecule has 2 aromatic rings. The van der Waals surface area contributed by atoms with Crippen LogP contribution in [0.1, 0.15) is 16.8 Å². The average molecular weight is 354 g/mol. The number of carbonyl (C=O) groups excluding carboxylic acids is 1. The van der Waals surface area contributed by atoms with Crippen LogP contribution in [-0.4, -0.2) is 49.6 Å². The number of likely N-dealkylation sites (tertiary alicyclic amines) is 1. The first-order valence-electron chi connectivity index (χ1n) is 7.15. The molecular formula is C15H16ClN3O3S. The fraction of sp³-hybridized carbons (Fsp3) is 0.333. The molecule has 0 radical (unpaired) electrons. The molecule has 1 saturated heterocycles. The fourth-order valence-corrected chi connectivity index (χ4v) is 3.84. The van der Waals surface area contributed by atoms with E-state index in [4.69, 9.17) is 11.6 Å².